The normalized spacial score (nSPS) is 10.8. The Kier molecular flexibility index (Phi) is 4.93. The molecule has 0 aliphatic heterocycles. The van der Waals surface area contributed by atoms with Crippen LogP contribution in [0.5, 0.6) is 0 Å². The van der Waals surface area contributed by atoms with Gasteiger partial charge in [0.25, 0.3) is 0 Å². The summed E-state index contributed by atoms with van der Waals surface area (Å²) in [6.07, 6.45) is 4.82. The maximum Gasteiger partial charge on any atom is 0.0359 e. The molecule has 2 N–H and O–H groups in total. The average molecular weight is 255 g/mol. The molecule has 0 bridgehead atoms. The van der Waals surface area contributed by atoms with E-state index in [1.807, 2.05) is 30.6 Å². The summed E-state index contributed by atoms with van der Waals surface area (Å²) in [4.78, 5) is 6.48. The van der Waals surface area contributed by atoms with Crippen molar-refractivity contribution < 1.29 is 0 Å². The third-order valence-corrected chi connectivity index (χ3v) is 3.14. The van der Waals surface area contributed by atoms with Gasteiger partial charge in [-0.25, -0.2) is 0 Å². The lowest BCUT2D eigenvalue weighted by Gasteiger charge is -2.22. The monoisotopic (exact) mass is 255 g/mol. The number of benzene rings is 1. The van der Waals surface area contributed by atoms with Crippen LogP contribution in [0.15, 0.2) is 48.8 Å². The van der Waals surface area contributed by atoms with E-state index in [1.165, 1.54) is 11.1 Å². The van der Waals surface area contributed by atoms with E-state index in [1.54, 1.807) is 0 Å². The lowest BCUT2D eigenvalue weighted by molar-refractivity contribution is 0.257. The molecular weight excluding hydrogens is 234 g/mol. The number of hydrogen-bond donors (Lipinski definition) is 1. The Morgan fingerprint density at radius 3 is 2.47 bits per heavy atom. The van der Waals surface area contributed by atoms with Gasteiger partial charge < -0.3 is 5.73 Å². The van der Waals surface area contributed by atoms with E-state index in [2.05, 4.69) is 35.0 Å². The minimum atomic E-state index is 0.873. The molecule has 2 rings (SSSR count). The summed E-state index contributed by atoms with van der Waals surface area (Å²) in [7, 11) is 0. The molecule has 0 amide bonds. The number of para-hydroxylation sites is 1. The molecule has 0 saturated heterocycles. The molecule has 0 aliphatic rings. The average Bonchev–Trinajstić information content (AvgIpc) is 2.43. The Morgan fingerprint density at radius 2 is 1.79 bits per heavy atom. The summed E-state index contributed by atoms with van der Waals surface area (Å²) in [5, 5.41) is 0. The molecule has 19 heavy (non-hydrogen) atoms. The lowest BCUT2D eigenvalue weighted by Crippen LogP contribution is -2.24. The largest absolute Gasteiger partial charge is 0.398 e. The molecule has 1 aromatic heterocycles. The second-order valence-corrected chi connectivity index (χ2v) is 4.76. The molecule has 100 valence electrons. The predicted molar refractivity (Wildman–Crippen MR) is 79.5 cm³/mol. The number of aromatic nitrogens is 1. The van der Waals surface area contributed by atoms with Crippen LogP contribution < -0.4 is 5.73 Å². The highest BCUT2D eigenvalue weighted by molar-refractivity contribution is 5.46. The second-order valence-electron chi connectivity index (χ2n) is 4.76. The van der Waals surface area contributed by atoms with E-state index in [0.29, 0.717) is 0 Å². The van der Waals surface area contributed by atoms with Gasteiger partial charge in [-0.05, 0) is 42.3 Å². The molecule has 0 fully saturated rings. The number of nitrogens with zero attached hydrogens (tertiary/aromatic N) is 2. The first-order valence-electron chi connectivity index (χ1n) is 6.74. The summed E-state index contributed by atoms with van der Waals surface area (Å²) < 4.78 is 0. The van der Waals surface area contributed by atoms with Crippen LogP contribution in [-0.4, -0.2) is 16.4 Å². The van der Waals surface area contributed by atoms with Gasteiger partial charge in [-0.15, -0.1) is 0 Å². The summed E-state index contributed by atoms with van der Waals surface area (Å²) >= 11 is 0. The minimum absolute atomic E-state index is 0.873. The van der Waals surface area contributed by atoms with E-state index in [0.717, 1.165) is 31.7 Å². The standard InChI is InChI=1S/C16H21N3/c1-2-11-19(12-14-7-9-18-10-8-14)13-15-5-3-4-6-16(15)17/h3-10H,2,11-13,17H2,1H3. The fraction of sp³-hybridized carbons (Fsp3) is 0.312. The molecule has 3 heteroatoms. The Morgan fingerprint density at radius 1 is 1.05 bits per heavy atom. The van der Waals surface area contributed by atoms with Crippen LogP contribution in [0.3, 0.4) is 0 Å². The number of rotatable bonds is 6. The van der Waals surface area contributed by atoms with Gasteiger partial charge in [0.05, 0.1) is 0 Å². The van der Waals surface area contributed by atoms with Crippen molar-refractivity contribution in [2.24, 2.45) is 0 Å². The first-order chi connectivity index (χ1) is 9.29. The third-order valence-electron chi connectivity index (χ3n) is 3.14. The van der Waals surface area contributed by atoms with Crippen molar-refractivity contribution >= 4 is 5.69 Å². The Labute approximate surface area is 115 Å². The fourth-order valence-corrected chi connectivity index (χ4v) is 2.20. The summed E-state index contributed by atoms with van der Waals surface area (Å²) in [6, 6.07) is 12.2. The van der Waals surface area contributed by atoms with E-state index >= 15 is 0 Å². The van der Waals surface area contributed by atoms with Gasteiger partial charge in [0.1, 0.15) is 0 Å². The number of anilines is 1. The van der Waals surface area contributed by atoms with E-state index in [-0.39, 0.29) is 0 Å². The zero-order valence-corrected chi connectivity index (χ0v) is 11.4. The third kappa shape index (κ3) is 4.07. The zero-order chi connectivity index (χ0) is 13.5. The molecule has 0 atom stereocenters. The SMILES string of the molecule is CCCN(Cc1ccncc1)Cc1ccccc1N. The predicted octanol–water partition coefficient (Wildman–Crippen LogP) is 3.08. The van der Waals surface area contributed by atoms with Crippen LogP contribution in [0.2, 0.25) is 0 Å². The van der Waals surface area contributed by atoms with Crippen LogP contribution in [-0.2, 0) is 13.1 Å². The highest BCUT2D eigenvalue weighted by Crippen LogP contribution is 2.15. The summed E-state index contributed by atoms with van der Waals surface area (Å²) in [6.45, 7) is 5.10. The molecule has 3 nitrogen and oxygen atoms in total. The maximum atomic E-state index is 6.02. The van der Waals surface area contributed by atoms with Crippen LogP contribution in [0.4, 0.5) is 5.69 Å². The number of pyridine rings is 1. The fourth-order valence-electron chi connectivity index (χ4n) is 2.20. The number of nitrogen functional groups attached to an aromatic ring is 1. The van der Waals surface area contributed by atoms with Crippen molar-refractivity contribution in [2.75, 3.05) is 12.3 Å². The lowest BCUT2D eigenvalue weighted by atomic mass is 10.1. The van der Waals surface area contributed by atoms with E-state index in [4.69, 9.17) is 5.73 Å². The van der Waals surface area contributed by atoms with Gasteiger partial charge in [0.15, 0.2) is 0 Å². The molecule has 0 saturated carbocycles. The van der Waals surface area contributed by atoms with Crippen LogP contribution in [0, 0.1) is 0 Å². The molecule has 0 spiro atoms. The minimum Gasteiger partial charge on any atom is -0.398 e. The van der Waals surface area contributed by atoms with E-state index in [9.17, 15) is 0 Å². The van der Waals surface area contributed by atoms with Crippen molar-refractivity contribution in [1.29, 1.82) is 0 Å². The Balaban J connectivity index is 2.06. The molecular formula is C16H21N3. The molecule has 1 aromatic carbocycles. The van der Waals surface area contributed by atoms with Gasteiger partial charge in [-0.1, -0.05) is 25.1 Å². The molecule has 1 heterocycles. The maximum absolute atomic E-state index is 6.02. The van der Waals surface area contributed by atoms with Crippen molar-refractivity contribution in [1.82, 2.24) is 9.88 Å². The van der Waals surface area contributed by atoms with Crippen molar-refractivity contribution in [3.05, 3.63) is 59.9 Å². The van der Waals surface area contributed by atoms with Gasteiger partial charge in [-0.3, -0.25) is 9.88 Å². The van der Waals surface area contributed by atoms with Gasteiger partial charge in [0, 0.05) is 31.2 Å². The van der Waals surface area contributed by atoms with Crippen LogP contribution in [0.25, 0.3) is 0 Å². The van der Waals surface area contributed by atoms with Gasteiger partial charge >= 0.3 is 0 Å². The van der Waals surface area contributed by atoms with Crippen molar-refractivity contribution in [3.8, 4) is 0 Å². The van der Waals surface area contributed by atoms with Gasteiger partial charge in [0.2, 0.25) is 0 Å². The molecule has 2 aromatic rings. The second kappa shape index (κ2) is 6.90. The van der Waals surface area contributed by atoms with E-state index < -0.39 is 0 Å². The zero-order valence-electron chi connectivity index (χ0n) is 11.4. The molecule has 0 aliphatic carbocycles. The van der Waals surface area contributed by atoms with Crippen LogP contribution >= 0.6 is 0 Å². The van der Waals surface area contributed by atoms with Gasteiger partial charge in [-0.2, -0.15) is 0 Å². The number of nitrogens with two attached hydrogens (primary N) is 1. The van der Waals surface area contributed by atoms with Crippen molar-refractivity contribution in [3.63, 3.8) is 0 Å². The Hall–Kier alpha value is -1.87. The van der Waals surface area contributed by atoms with Crippen molar-refractivity contribution in [2.45, 2.75) is 26.4 Å². The quantitative estimate of drug-likeness (QED) is 0.807. The highest BCUT2D eigenvalue weighted by atomic mass is 15.1. The number of hydrogen-bond acceptors (Lipinski definition) is 3. The Bertz CT molecular complexity index is 496. The van der Waals surface area contributed by atoms with Crippen LogP contribution in [0.1, 0.15) is 24.5 Å². The summed E-state index contributed by atoms with van der Waals surface area (Å²) in [5.41, 5.74) is 9.38. The highest BCUT2D eigenvalue weighted by Gasteiger charge is 2.07. The summed E-state index contributed by atoms with van der Waals surface area (Å²) in [5.74, 6) is 0. The smallest absolute Gasteiger partial charge is 0.0359 e. The molecule has 0 radical (unpaired) electrons. The first kappa shape index (κ1) is 13.6. The topological polar surface area (TPSA) is 42.2 Å². The first-order valence-corrected chi connectivity index (χ1v) is 6.74. The molecule has 0 unspecified atom stereocenters.